The molecule has 1 atom stereocenters. The summed E-state index contributed by atoms with van der Waals surface area (Å²) in [4.78, 5) is 14.1. The average molecular weight is 393 g/mol. The maximum Gasteiger partial charge on any atom is 0.279 e. The van der Waals surface area contributed by atoms with Gasteiger partial charge in [-0.1, -0.05) is 11.6 Å². The average Bonchev–Trinajstić information content (AvgIpc) is 2.78. The van der Waals surface area contributed by atoms with Crippen molar-refractivity contribution < 1.29 is 14.1 Å². The highest BCUT2D eigenvalue weighted by Gasteiger charge is 2.13. The Labute approximate surface area is 139 Å². The highest BCUT2D eigenvalue weighted by molar-refractivity contribution is 9.11. The summed E-state index contributed by atoms with van der Waals surface area (Å²) >= 11 is 10.7. The van der Waals surface area contributed by atoms with E-state index >= 15 is 0 Å². The van der Waals surface area contributed by atoms with Gasteiger partial charge in [-0.25, -0.2) is 4.39 Å². The molecular formula is C14H14BrClFN2OS+. The fraction of sp³-hybridized carbons (Fsp3) is 0.214. The van der Waals surface area contributed by atoms with Crippen molar-refractivity contribution in [1.82, 2.24) is 0 Å². The number of carbonyl (C=O) groups excluding carboxylic acids is 1. The third kappa shape index (κ3) is 5.07. The van der Waals surface area contributed by atoms with E-state index in [1.165, 1.54) is 17.0 Å². The number of nitrogens with one attached hydrogen (secondary N) is 2. The van der Waals surface area contributed by atoms with Gasteiger partial charge in [0.1, 0.15) is 12.4 Å². The third-order valence-corrected chi connectivity index (χ3v) is 4.63. The molecule has 2 rings (SSSR count). The summed E-state index contributed by atoms with van der Waals surface area (Å²) in [5.41, 5.74) is 0.149. The number of quaternary nitrogens is 1. The van der Waals surface area contributed by atoms with E-state index < -0.39 is 5.82 Å². The number of benzene rings is 1. The Kier molecular flexibility index (Phi) is 5.75. The van der Waals surface area contributed by atoms with Crippen LogP contribution >= 0.6 is 38.9 Å². The zero-order chi connectivity index (χ0) is 15.4. The number of amides is 1. The number of halogens is 3. The second-order valence-electron chi connectivity index (χ2n) is 4.69. The summed E-state index contributed by atoms with van der Waals surface area (Å²) < 4.78 is 14.7. The minimum atomic E-state index is -0.532. The second kappa shape index (κ2) is 7.35. The predicted octanol–water partition coefficient (Wildman–Crippen LogP) is 2.96. The van der Waals surface area contributed by atoms with Crippen LogP contribution in [0.3, 0.4) is 0 Å². The molecule has 1 aromatic carbocycles. The smallest absolute Gasteiger partial charge is 0.279 e. The van der Waals surface area contributed by atoms with Gasteiger partial charge in [-0.05, 0) is 46.3 Å². The Morgan fingerprint density at radius 3 is 2.81 bits per heavy atom. The van der Waals surface area contributed by atoms with Crippen LogP contribution in [0.2, 0.25) is 5.02 Å². The lowest BCUT2D eigenvalue weighted by Crippen LogP contribution is -3.08. The highest BCUT2D eigenvalue weighted by atomic mass is 79.9. The fourth-order valence-corrected chi connectivity index (χ4v) is 3.62. The molecule has 0 saturated carbocycles. The first kappa shape index (κ1) is 16.4. The number of likely N-dealkylation sites (N-methyl/N-ethyl adjacent to an activating group) is 1. The summed E-state index contributed by atoms with van der Waals surface area (Å²) in [5.74, 6) is -0.764. The van der Waals surface area contributed by atoms with Crippen LogP contribution in [0.15, 0.2) is 34.1 Å². The van der Waals surface area contributed by atoms with Crippen LogP contribution in [0, 0.1) is 5.82 Å². The van der Waals surface area contributed by atoms with Crippen molar-refractivity contribution in [3.63, 3.8) is 0 Å². The molecule has 1 amide bonds. The number of anilines is 1. The molecular weight excluding hydrogens is 379 g/mol. The van der Waals surface area contributed by atoms with Gasteiger partial charge in [0.25, 0.3) is 5.91 Å². The van der Waals surface area contributed by atoms with Gasteiger partial charge in [-0.15, -0.1) is 11.3 Å². The fourth-order valence-electron chi connectivity index (χ4n) is 1.87. The first-order chi connectivity index (χ1) is 9.94. The molecule has 0 spiro atoms. The van der Waals surface area contributed by atoms with Crippen LogP contribution in [0.5, 0.6) is 0 Å². The van der Waals surface area contributed by atoms with Gasteiger partial charge in [0.05, 0.1) is 21.4 Å². The molecule has 0 saturated heterocycles. The standard InChI is InChI=1S/C14H13BrClFN2OS/c1-19(7-10-3-5-13(15)21-10)8-14(20)18-12-4-2-9(16)6-11(12)17/h2-6H,7-8H2,1H3,(H,18,20)/p+1. The van der Waals surface area contributed by atoms with E-state index in [2.05, 4.69) is 21.2 Å². The highest BCUT2D eigenvalue weighted by Crippen LogP contribution is 2.21. The van der Waals surface area contributed by atoms with Crippen LogP contribution in [0.25, 0.3) is 0 Å². The summed E-state index contributed by atoms with van der Waals surface area (Å²) in [6.07, 6.45) is 0. The molecule has 2 aromatic rings. The summed E-state index contributed by atoms with van der Waals surface area (Å²) in [6.45, 7) is 1.00. The summed E-state index contributed by atoms with van der Waals surface area (Å²) in [6, 6.07) is 8.18. The van der Waals surface area contributed by atoms with Gasteiger partial charge < -0.3 is 10.2 Å². The molecule has 1 heterocycles. The third-order valence-electron chi connectivity index (χ3n) is 2.77. The Hall–Kier alpha value is -0.950. The molecule has 0 aliphatic carbocycles. The molecule has 21 heavy (non-hydrogen) atoms. The zero-order valence-corrected chi connectivity index (χ0v) is 14.4. The van der Waals surface area contributed by atoms with Gasteiger partial charge in [0.2, 0.25) is 0 Å². The van der Waals surface area contributed by atoms with E-state index in [0.29, 0.717) is 5.02 Å². The van der Waals surface area contributed by atoms with E-state index in [1.807, 2.05) is 19.2 Å². The van der Waals surface area contributed by atoms with Crippen molar-refractivity contribution >= 4 is 50.5 Å². The van der Waals surface area contributed by atoms with E-state index in [-0.39, 0.29) is 18.1 Å². The van der Waals surface area contributed by atoms with E-state index in [4.69, 9.17) is 11.6 Å². The first-order valence-electron chi connectivity index (χ1n) is 6.24. The largest absolute Gasteiger partial charge is 0.325 e. The molecule has 0 bridgehead atoms. The topological polar surface area (TPSA) is 33.5 Å². The number of hydrogen-bond donors (Lipinski definition) is 2. The van der Waals surface area contributed by atoms with Gasteiger partial charge in [0.15, 0.2) is 6.54 Å². The zero-order valence-electron chi connectivity index (χ0n) is 11.3. The quantitative estimate of drug-likeness (QED) is 0.806. The molecule has 0 aliphatic rings. The minimum absolute atomic E-state index is 0.149. The normalized spacial score (nSPS) is 12.2. The lowest BCUT2D eigenvalue weighted by Gasteiger charge is -2.13. The molecule has 0 aliphatic heterocycles. The van der Waals surface area contributed by atoms with Gasteiger partial charge in [-0.3, -0.25) is 4.79 Å². The molecule has 1 aromatic heterocycles. The SMILES string of the molecule is C[NH+](CC(=O)Nc1ccc(Cl)cc1F)Cc1ccc(Br)s1. The van der Waals surface area contributed by atoms with Crippen LogP contribution in [-0.2, 0) is 11.3 Å². The van der Waals surface area contributed by atoms with Crippen molar-refractivity contribution in [3.8, 4) is 0 Å². The van der Waals surface area contributed by atoms with Crippen molar-refractivity contribution in [2.24, 2.45) is 0 Å². The molecule has 3 nitrogen and oxygen atoms in total. The summed E-state index contributed by atoms with van der Waals surface area (Å²) in [5, 5.41) is 2.86. The van der Waals surface area contributed by atoms with E-state index in [0.717, 1.165) is 15.2 Å². The van der Waals surface area contributed by atoms with Crippen LogP contribution in [-0.4, -0.2) is 19.5 Å². The van der Waals surface area contributed by atoms with Gasteiger partial charge in [0, 0.05) is 5.02 Å². The summed E-state index contributed by atoms with van der Waals surface area (Å²) in [7, 11) is 1.92. The number of thiophene rings is 1. The lowest BCUT2D eigenvalue weighted by atomic mass is 10.3. The van der Waals surface area contributed by atoms with Gasteiger partial charge in [-0.2, -0.15) is 0 Å². The Bertz CT molecular complexity index is 650. The number of carbonyl (C=O) groups is 1. The second-order valence-corrected chi connectivity index (χ2v) is 7.67. The van der Waals surface area contributed by atoms with E-state index in [9.17, 15) is 9.18 Å². The van der Waals surface area contributed by atoms with Crippen molar-refractivity contribution in [2.75, 3.05) is 18.9 Å². The molecule has 7 heteroatoms. The maximum absolute atomic E-state index is 13.6. The van der Waals surface area contributed by atoms with Crippen LogP contribution in [0.1, 0.15) is 4.88 Å². The Morgan fingerprint density at radius 2 is 2.19 bits per heavy atom. The van der Waals surface area contributed by atoms with Crippen molar-refractivity contribution in [1.29, 1.82) is 0 Å². The van der Waals surface area contributed by atoms with Gasteiger partial charge >= 0.3 is 0 Å². The minimum Gasteiger partial charge on any atom is -0.325 e. The van der Waals surface area contributed by atoms with Crippen LogP contribution < -0.4 is 10.2 Å². The Morgan fingerprint density at radius 1 is 1.43 bits per heavy atom. The molecule has 112 valence electrons. The number of hydrogen-bond acceptors (Lipinski definition) is 2. The Balaban J connectivity index is 1.89. The monoisotopic (exact) mass is 391 g/mol. The van der Waals surface area contributed by atoms with Crippen molar-refractivity contribution in [3.05, 3.63) is 49.8 Å². The van der Waals surface area contributed by atoms with Crippen molar-refractivity contribution in [2.45, 2.75) is 6.54 Å². The number of rotatable bonds is 5. The molecule has 1 unspecified atom stereocenters. The molecule has 2 N–H and O–H groups in total. The molecule has 0 fully saturated rings. The maximum atomic E-state index is 13.6. The molecule has 0 radical (unpaired) electrons. The first-order valence-corrected chi connectivity index (χ1v) is 8.23. The predicted molar refractivity (Wildman–Crippen MR) is 87.5 cm³/mol. The van der Waals surface area contributed by atoms with E-state index in [1.54, 1.807) is 17.4 Å². The lowest BCUT2D eigenvalue weighted by molar-refractivity contribution is -0.884. The van der Waals surface area contributed by atoms with Crippen LogP contribution in [0.4, 0.5) is 10.1 Å².